The van der Waals surface area contributed by atoms with E-state index < -0.39 is 0 Å². The molecule has 2 rings (SSSR count). The van der Waals surface area contributed by atoms with E-state index in [4.69, 9.17) is 14.6 Å². The molecule has 0 unspecified atom stereocenters. The molecule has 0 saturated heterocycles. The number of rotatable bonds is 7. The Hall–Kier alpha value is -1.75. The van der Waals surface area contributed by atoms with Gasteiger partial charge in [-0.25, -0.2) is 0 Å². The minimum Gasteiger partial charge on any atom is -0.497 e. The van der Waals surface area contributed by atoms with Gasteiger partial charge in [0.15, 0.2) is 0 Å². The Kier molecular flexibility index (Phi) is 5.44. The zero-order valence-corrected chi connectivity index (χ0v) is 12.7. The number of amides is 1. The van der Waals surface area contributed by atoms with Gasteiger partial charge in [-0.15, -0.1) is 0 Å². The first kappa shape index (κ1) is 15.6. The molecule has 1 aromatic carbocycles. The van der Waals surface area contributed by atoms with Crippen LogP contribution in [0.4, 0.5) is 0 Å². The van der Waals surface area contributed by atoms with Crippen LogP contribution < -0.4 is 9.47 Å². The highest BCUT2D eigenvalue weighted by atomic mass is 16.5. The van der Waals surface area contributed by atoms with Crippen molar-refractivity contribution in [1.82, 2.24) is 4.90 Å². The third kappa shape index (κ3) is 3.67. The molecule has 0 heterocycles. The van der Waals surface area contributed by atoms with E-state index >= 15 is 0 Å². The highest BCUT2D eigenvalue weighted by Gasteiger charge is 2.28. The molecule has 1 saturated carbocycles. The van der Waals surface area contributed by atoms with Crippen molar-refractivity contribution in [2.45, 2.75) is 31.7 Å². The fourth-order valence-electron chi connectivity index (χ4n) is 2.58. The van der Waals surface area contributed by atoms with Gasteiger partial charge in [-0.1, -0.05) is 6.07 Å². The third-order valence-corrected chi connectivity index (χ3v) is 4.01. The van der Waals surface area contributed by atoms with Gasteiger partial charge in [-0.05, 0) is 25.3 Å². The molecule has 0 atom stereocenters. The Bertz CT molecular complexity index is 485. The molecule has 1 aliphatic rings. The fraction of sp³-hybridized carbons (Fsp3) is 0.562. The molecule has 0 bridgehead atoms. The van der Waals surface area contributed by atoms with Gasteiger partial charge in [0.2, 0.25) is 5.91 Å². The largest absolute Gasteiger partial charge is 0.497 e. The standard InChI is InChI=1S/C16H23NO4/c1-20-14-7-6-12(15(11-14)21-2)10-16(19)17(8-9-18)13-4-3-5-13/h6-7,11,13,18H,3-5,8-10H2,1-2H3. The minimum atomic E-state index is 0.00197. The zero-order chi connectivity index (χ0) is 15.2. The first-order valence-corrected chi connectivity index (χ1v) is 7.30. The van der Waals surface area contributed by atoms with E-state index in [2.05, 4.69) is 0 Å². The van der Waals surface area contributed by atoms with E-state index in [1.54, 1.807) is 25.2 Å². The van der Waals surface area contributed by atoms with Crippen LogP contribution in [0.25, 0.3) is 0 Å². The summed E-state index contributed by atoms with van der Waals surface area (Å²) < 4.78 is 10.5. The fourth-order valence-corrected chi connectivity index (χ4v) is 2.58. The van der Waals surface area contributed by atoms with Crippen molar-refractivity contribution in [3.05, 3.63) is 23.8 Å². The second-order valence-corrected chi connectivity index (χ2v) is 5.25. The topological polar surface area (TPSA) is 59.0 Å². The van der Waals surface area contributed by atoms with Crippen LogP contribution in [0.3, 0.4) is 0 Å². The summed E-state index contributed by atoms with van der Waals surface area (Å²) >= 11 is 0. The zero-order valence-electron chi connectivity index (χ0n) is 12.7. The number of carbonyl (C=O) groups is 1. The molecular formula is C16H23NO4. The molecule has 0 aliphatic heterocycles. The number of nitrogens with zero attached hydrogens (tertiary/aromatic N) is 1. The van der Waals surface area contributed by atoms with Crippen molar-refractivity contribution in [3.63, 3.8) is 0 Å². The number of aliphatic hydroxyl groups excluding tert-OH is 1. The van der Waals surface area contributed by atoms with Gasteiger partial charge in [0.25, 0.3) is 0 Å². The van der Waals surface area contributed by atoms with Crippen molar-refractivity contribution in [2.75, 3.05) is 27.4 Å². The number of hydrogen-bond acceptors (Lipinski definition) is 4. The molecule has 5 heteroatoms. The first-order chi connectivity index (χ1) is 10.2. The molecule has 116 valence electrons. The monoisotopic (exact) mass is 293 g/mol. The molecule has 0 radical (unpaired) electrons. The Morgan fingerprint density at radius 1 is 1.33 bits per heavy atom. The summed E-state index contributed by atoms with van der Waals surface area (Å²) in [6, 6.07) is 5.75. The molecule has 0 spiro atoms. The summed E-state index contributed by atoms with van der Waals surface area (Å²) in [6.07, 6.45) is 3.51. The number of hydrogen-bond donors (Lipinski definition) is 1. The van der Waals surface area contributed by atoms with Gasteiger partial charge in [-0.3, -0.25) is 4.79 Å². The summed E-state index contributed by atoms with van der Waals surface area (Å²) in [5.74, 6) is 1.40. The van der Waals surface area contributed by atoms with Gasteiger partial charge in [0.1, 0.15) is 11.5 Å². The van der Waals surface area contributed by atoms with E-state index in [1.165, 1.54) is 0 Å². The van der Waals surface area contributed by atoms with E-state index in [9.17, 15) is 4.79 Å². The van der Waals surface area contributed by atoms with Crippen LogP contribution in [-0.4, -0.2) is 49.3 Å². The summed E-state index contributed by atoms with van der Waals surface area (Å²) in [4.78, 5) is 14.3. The molecule has 0 aromatic heterocycles. The molecule has 1 aliphatic carbocycles. The van der Waals surface area contributed by atoms with E-state index in [0.29, 0.717) is 18.0 Å². The quantitative estimate of drug-likeness (QED) is 0.830. The van der Waals surface area contributed by atoms with Crippen molar-refractivity contribution in [2.24, 2.45) is 0 Å². The highest BCUT2D eigenvalue weighted by molar-refractivity contribution is 5.80. The van der Waals surface area contributed by atoms with Gasteiger partial charge in [0, 0.05) is 24.2 Å². The first-order valence-electron chi connectivity index (χ1n) is 7.30. The Balaban J connectivity index is 2.09. The van der Waals surface area contributed by atoms with Crippen LogP contribution in [-0.2, 0) is 11.2 Å². The second-order valence-electron chi connectivity index (χ2n) is 5.25. The van der Waals surface area contributed by atoms with Crippen LogP contribution in [0, 0.1) is 0 Å². The number of aliphatic hydroxyl groups is 1. The number of ether oxygens (including phenoxy) is 2. The SMILES string of the molecule is COc1ccc(CC(=O)N(CCO)C2CCC2)c(OC)c1. The molecule has 1 aromatic rings. The van der Waals surface area contributed by atoms with Gasteiger partial charge in [0.05, 0.1) is 27.2 Å². The summed E-state index contributed by atoms with van der Waals surface area (Å²) in [6.45, 7) is 0.407. The lowest BCUT2D eigenvalue weighted by Crippen LogP contribution is -2.46. The maximum absolute atomic E-state index is 12.5. The summed E-state index contributed by atoms with van der Waals surface area (Å²) in [7, 11) is 3.18. The predicted molar refractivity (Wildman–Crippen MR) is 79.7 cm³/mol. The average molecular weight is 293 g/mol. The van der Waals surface area contributed by atoms with Crippen molar-refractivity contribution in [1.29, 1.82) is 0 Å². The minimum absolute atomic E-state index is 0.00197. The maximum Gasteiger partial charge on any atom is 0.227 e. The number of benzene rings is 1. The van der Waals surface area contributed by atoms with Crippen LogP contribution in [0.15, 0.2) is 18.2 Å². The van der Waals surface area contributed by atoms with Gasteiger partial charge < -0.3 is 19.5 Å². The molecule has 1 N–H and O–H groups in total. The van der Waals surface area contributed by atoms with E-state index in [0.717, 1.165) is 24.8 Å². The lowest BCUT2D eigenvalue weighted by molar-refractivity contribution is -0.135. The van der Waals surface area contributed by atoms with Crippen molar-refractivity contribution < 1.29 is 19.4 Å². The van der Waals surface area contributed by atoms with E-state index in [1.807, 2.05) is 12.1 Å². The van der Waals surface area contributed by atoms with Crippen LogP contribution in [0.2, 0.25) is 0 Å². The summed E-state index contributed by atoms with van der Waals surface area (Å²) in [5.41, 5.74) is 0.838. The third-order valence-electron chi connectivity index (χ3n) is 4.01. The predicted octanol–water partition coefficient (Wildman–Crippen LogP) is 1.62. The Morgan fingerprint density at radius 3 is 2.62 bits per heavy atom. The molecule has 1 amide bonds. The average Bonchev–Trinajstić information content (AvgIpc) is 2.45. The molecule has 5 nitrogen and oxygen atoms in total. The van der Waals surface area contributed by atoms with E-state index in [-0.39, 0.29) is 25.0 Å². The molecule has 21 heavy (non-hydrogen) atoms. The molecule has 1 fully saturated rings. The number of carbonyl (C=O) groups excluding carboxylic acids is 1. The smallest absolute Gasteiger partial charge is 0.227 e. The van der Waals surface area contributed by atoms with Crippen LogP contribution >= 0.6 is 0 Å². The van der Waals surface area contributed by atoms with Crippen LogP contribution in [0.1, 0.15) is 24.8 Å². The van der Waals surface area contributed by atoms with Crippen molar-refractivity contribution in [3.8, 4) is 11.5 Å². The Morgan fingerprint density at radius 2 is 2.10 bits per heavy atom. The lowest BCUT2D eigenvalue weighted by atomic mass is 9.91. The normalized spacial score (nSPS) is 14.4. The van der Waals surface area contributed by atoms with Crippen LogP contribution in [0.5, 0.6) is 11.5 Å². The lowest BCUT2D eigenvalue weighted by Gasteiger charge is -2.37. The second kappa shape index (κ2) is 7.31. The maximum atomic E-state index is 12.5. The van der Waals surface area contributed by atoms with Crippen molar-refractivity contribution >= 4 is 5.91 Å². The summed E-state index contributed by atoms with van der Waals surface area (Å²) in [5, 5.41) is 9.15. The Labute approximate surface area is 125 Å². The molecular weight excluding hydrogens is 270 g/mol. The number of methoxy groups -OCH3 is 2. The highest BCUT2D eigenvalue weighted by Crippen LogP contribution is 2.28. The van der Waals surface area contributed by atoms with Gasteiger partial charge >= 0.3 is 0 Å². The van der Waals surface area contributed by atoms with Gasteiger partial charge in [-0.2, -0.15) is 0 Å².